The third-order valence-electron chi connectivity index (χ3n) is 2.92. The molecule has 0 aliphatic rings. The van der Waals surface area contributed by atoms with E-state index in [9.17, 15) is 9.59 Å². The molecule has 3 N–H and O–H groups in total. The minimum absolute atomic E-state index is 0.169. The molecule has 0 aliphatic heterocycles. The second-order valence-electron chi connectivity index (χ2n) is 4.41. The predicted octanol–water partition coefficient (Wildman–Crippen LogP) is 1.14. The van der Waals surface area contributed by atoms with E-state index in [-0.39, 0.29) is 18.1 Å². The van der Waals surface area contributed by atoms with Crippen molar-refractivity contribution in [2.24, 2.45) is 0 Å². The first kappa shape index (κ1) is 16.0. The van der Waals surface area contributed by atoms with Crippen LogP contribution in [0.15, 0.2) is 11.1 Å². The fourth-order valence-corrected chi connectivity index (χ4v) is 3.73. The van der Waals surface area contributed by atoms with Crippen molar-refractivity contribution < 1.29 is 9.90 Å². The molecule has 6 nitrogen and oxygen atoms in total. The third-order valence-corrected chi connectivity index (χ3v) is 5.19. The number of nitrogens with one attached hydrogen (secondary N) is 2. The zero-order chi connectivity index (χ0) is 15.2. The number of hydrogen-bond donors (Lipinski definition) is 3. The van der Waals surface area contributed by atoms with Gasteiger partial charge in [-0.3, -0.25) is 9.59 Å². The number of thioether (sulfide) groups is 1. The Morgan fingerprint density at radius 3 is 3.05 bits per heavy atom. The van der Waals surface area contributed by atoms with Gasteiger partial charge in [-0.1, -0.05) is 0 Å². The Morgan fingerprint density at radius 2 is 2.33 bits per heavy atom. The first-order valence-electron chi connectivity index (χ1n) is 6.58. The highest BCUT2D eigenvalue weighted by Gasteiger charge is 2.17. The molecule has 0 saturated carbocycles. The average molecular weight is 327 g/mol. The number of aromatic amines is 1. The van der Waals surface area contributed by atoms with Gasteiger partial charge in [-0.15, -0.1) is 11.3 Å². The number of nitrogens with zero attached hydrogens (tertiary/aromatic N) is 1. The van der Waals surface area contributed by atoms with Gasteiger partial charge in [0.25, 0.3) is 11.5 Å². The van der Waals surface area contributed by atoms with Crippen molar-refractivity contribution in [1.82, 2.24) is 15.3 Å². The van der Waals surface area contributed by atoms with Crippen LogP contribution in [0.3, 0.4) is 0 Å². The summed E-state index contributed by atoms with van der Waals surface area (Å²) in [6.07, 6.45) is 2.11. The van der Waals surface area contributed by atoms with Gasteiger partial charge < -0.3 is 15.4 Å². The summed E-state index contributed by atoms with van der Waals surface area (Å²) >= 11 is 2.92. The minimum Gasteiger partial charge on any atom is -0.396 e. The molecule has 0 spiro atoms. The molecule has 0 fully saturated rings. The molecule has 8 heteroatoms. The fourth-order valence-electron chi connectivity index (χ4n) is 1.88. The summed E-state index contributed by atoms with van der Waals surface area (Å²) < 4.78 is 0. The first-order chi connectivity index (χ1) is 10.1. The number of carbonyl (C=O) groups excluding carboxylic acids is 1. The van der Waals surface area contributed by atoms with Gasteiger partial charge in [0, 0.05) is 18.9 Å². The number of amides is 1. The number of aryl methyl sites for hydroxylation is 1. The molecule has 2 aromatic heterocycles. The van der Waals surface area contributed by atoms with Gasteiger partial charge in [-0.25, -0.2) is 4.98 Å². The van der Waals surface area contributed by atoms with Crippen LogP contribution < -0.4 is 10.9 Å². The van der Waals surface area contributed by atoms with Gasteiger partial charge in [0.1, 0.15) is 4.83 Å². The second kappa shape index (κ2) is 7.58. The van der Waals surface area contributed by atoms with Crippen molar-refractivity contribution in [3.05, 3.63) is 27.1 Å². The maximum Gasteiger partial charge on any atom is 0.261 e. The lowest BCUT2D eigenvalue weighted by atomic mass is 10.2. The van der Waals surface area contributed by atoms with Crippen molar-refractivity contribution in [1.29, 1.82) is 0 Å². The molecule has 114 valence electrons. The zero-order valence-electron chi connectivity index (χ0n) is 11.6. The Morgan fingerprint density at radius 1 is 1.52 bits per heavy atom. The van der Waals surface area contributed by atoms with E-state index in [0.717, 1.165) is 17.9 Å². The Balaban J connectivity index is 1.99. The van der Waals surface area contributed by atoms with E-state index in [1.807, 2.05) is 0 Å². The number of thiophene rings is 1. The van der Waals surface area contributed by atoms with Crippen LogP contribution in [-0.2, 0) is 0 Å². The Kier molecular flexibility index (Phi) is 5.77. The Labute approximate surface area is 130 Å². The quantitative estimate of drug-likeness (QED) is 0.663. The number of carbonyl (C=O) groups is 1. The van der Waals surface area contributed by atoms with Gasteiger partial charge in [-0.05, 0) is 24.7 Å². The maximum absolute atomic E-state index is 12.1. The van der Waals surface area contributed by atoms with Gasteiger partial charge in [0.05, 0.1) is 16.6 Å². The van der Waals surface area contributed by atoms with Crippen molar-refractivity contribution in [2.75, 3.05) is 24.7 Å². The lowest BCUT2D eigenvalue weighted by Gasteiger charge is -2.04. The molecule has 0 bridgehead atoms. The molecule has 0 atom stereocenters. The van der Waals surface area contributed by atoms with Gasteiger partial charge >= 0.3 is 0 Å². The van der Waals surface area contributed by atoms with Crippen molar-refractivity contribution >= 4 is 39.2 Å². The summed E-state index contributed by atoms with van der Waals surface area (Å²) in [6.45, 7) is 2.52. The summed E-state index contributed by atoms with van der Waals surface area (Å²) in [5.74, 6) is 1.51. The number of fused-ring (bicyclic) bond motifs is 1. The van der Waals surface area contributed by atoms with E-state index < -0.39 is 0 Å². The highest BCUT2D eigenvalue weighted by atomic mass is 32.2. The van der Waals surface area contributed by atoms with Crippen LogP contribution in [-0.4, -0.2) is 45.6 Å². The van der Waals surface area contributed by atoms with Gasteiger partial charge in [-0.2, -0.15) is 11.8 Å². The highest BCUT2D eigenvalue weighted by molar-refractivity contribution is 7.99. The SMILES string of the molecule is Cc1c(C(=O)NCCSCCCO)sc2nc[nH]c(=O)c12. The molecule has 0 aliphatic carbocycles. The highest BCUT2D eigenvalue weighted by Crippen LogP contribution is 2.26. The van der Waals surface area contributed by atoms with Crippen LogP contribution >= 0.6 is 23.1 Å². The predicted molar refractivity (Wildman–Crippen MR) is 86.3 cm³/mol. The number of hydrogen-bond acceptors (Lipinski definition) is 6. The van der Waals surface area contributed by atoms with E-state index >= 15 is 0 Å². The number of aliphatic hydroxyl groups excluding tert-OH is 1. The van der Waals surface area contributed by atoms with Crippen LogP contribution in [0.2, 0.25) is 0 Å². The smallest absolute Gasteiger partial charge is 0.261 e. The molecular weight excluding hydrogens is 310 g/mol. The van der Waals surface area contributed by atoms with Crippen LogP contribution in [0.4, 0.5) is 0 Å². The Hall–Kier alpha value is -1.38. The molecule has 1 amide bonds. The molecule has 0 saturated heterocycles. The van der Waals surface area contributed by atoms with Crippen molar-refractivity contribution in [2.45, 2.75) is 13.3 Å². The third kappa shape index (κ3) is 3.84. The lowest BCUT2D eigenvalue weighted by Crippen LogP contribution is -2.25. The van der Waals surface area contributed by atoms with E-state index in [2.05, 4.69) is 15.3 Å². The topological polar surface area (TPSA) is 95.1 Å². The lowest BCUT2D eigenvalue weighted by molar-refractivity contribution is 0.0959. The molecule has 21 heavy (non-hydrogen) atoms. The zero-order valence-corrected chi connectivity index (χ0v) is 13.3. The summed E-state index contributed by atoms with van der Waals surface area (Å²) in [4.78, 5) is 31.6. The molecule has 0 aromatic carbocycles. The van der Waals surface area contributed by atoms with Crippen molar-refractivity contribution in [3.63, 3.8) is 0 Å². The molecule has 0 unspecified atom stereocenters. The molecule has 0 radical (unpaired) electrons. The maximum atomic E-state index is 12.1. The standard InChI is InChI=1S/C13H17N3O3S2/c1-8-9-11(18)15-7-16-13(9)21-10(8)12(19)14-3-6-20-5-2-4-17/h7,17H,2-6H2,1H3,(H,14,19)(H,15,16,18). The summed E-state index contributed by atoms with van der Waals surface area (Å²) in [7, 11) is 0. The van der Waals surface area contributed by atoms with Crippen LogP contribution in [0.25, 0.3) is 10.2 Å². The van der Waals surface area contributed by atoms with Gasteiger partial charge in [0.15, 0.2) is 0 Å². The van der Waals surface area contributed by atoms with Crippen molar-refractivity contribution in [3.8, 4) is 0 Å². The summed E-state index contributed by atoms with van der Waals surface area (Å²) in [6, 6.07) is 0. The normalized spacial score (nSPS) is 11.0. The largest absolute Gasteiger partial charge is 0.396 e. The number of H-pyrrole nitrogens is 1. The van der Waals surface area contributed by atoms with E-state index in [1.165, 1.54) is 17.7 Å². The van der Waals surface area contributed by atoms with E-state index in [1.54, 1.807) is 18.7 Å². The molecule has 2 heterocycles. The number of rotatable bonds is 7. The second-order valence-corrected chi connectivity index (χ2v) is 6.64. The van der Waals surface area contributed by atoms with Gasteiger partial charge in [0.2, 0.25) is 0 Å². The van der Waals surface area contributed by atoms with Crippen LogP contribution in [0, 0.1) is 6.92 Å². The number of aromatic nitrogens is 2. The fraction of sp³-hybridized carbons (Fsp3) is 0.462. The first-order valence-corrected chi connectivity index (χ1v) is 8.56. The van der Waals surface area contributed by atoms with E-state index in [0.29, 0.717) is 27.2 Å². The summed E-state index contributed by atoms with van der Waals surface area (Å²) in [5, 5.41) is 12.0. The monoisotopic (exact) mass is 327 g/mol. The molecule has 2 rings (SSSR count). The van der Waals surface area contributed by atoms with E-state index in [4.69, 9.17) is 5.11 Å². The number of aliphatic hydroxyl groups is 1. The molecule has 2 aromatic rings. The Bertz CT molecular complexity index is 681. The average Bonchev–Trinajstić information content (AvgIpc) is 2.81. The minimum atomic E-state index is -0.215. The van der Waals surface area contributed by atoms with Crippen LogP contribution in [0.5, 0.6) is 0 Å². The molecular formula is C13H17N3O3S2. The van der Waals surface area contributed by atoms with Crippen LogP contribution in [0.1, 0.15) is 21.7 Å². The summed E-state index contributed by atoms with van der Waals surface area (Å²) in [5.41, 5.74) is 0.460.